The van der Waals surface area contributed by atoms with E-state index in [9.17, 15) is 12.8 Å². The van der Waals surface area contributed by atoms with Crippen molar-refractivity contribution in [2.75, 3.05) is 24.2 Å². The van der Waals surface area contributed by atoms with Crippen LogP contribution in [0.5, 0.6) is 0 Å². The van der Waals surface area contributed by atoms with E-state index in [-0.39, 0.29) is 23.6 Å². The highest BCUT2D eigenvalue weighted by molar-refractivity contribution is 7.94. The first-order valence-corrected chi connectivity index (χ1v) is 9.45. The molecule has 1 aromatic heterocycles. The van der Waals surface area contributed by atoms with Gasteiger partial charge in [0.05, 0.1) is 16.5 Å². The molecular formula is C15H17FN4O3S. The number of aromatic nitrogens is 2. The molecular weight excluding hydrogens is 335 g/mol. The zero-order valence-corrected chi connectivity index (χ0v) is 13.6. The second kappa shape index (κ2) is 5.52. The summed E-state index contributed by atoms with van der Waals surface area (Å²) in [7, 11) is -3.10. The third-order valence-corrected chi connectivity index (χ3v) is 7.62. The normalized spacial score (nSPS) is 24.5. The number of piperidine rings is 1. The van der Waals surface area contributed by atoms with Crippen LogP contribution >= 0.6 is 0 Å². The lowest BCUT2D eigenvalue weighted by molar-refractivity contribution is 0.321. The van der Waals surface area contributed by atoms with E-state index in [2.05, 4.69) is 20.8 Å². The van der Waals surface area contributed by atoms with Crippen LogP contribution in [0.15, 0.2) is 28.8 Å². The van der Waals surface area contributed by atoms with Crippen LogP contribution in [0.3, 0.4) is 0 Å². The van der Waals surface area contributed by atoms with Gasteiger partial charge in [0.1, 0.15) is 5.82 Å². The first-order chi connectivity index (χ1) is 11.5. The Bertz CT molecular complexity index is 844. The zero-order chi connectivity index (χ0) is 16.8. The van der Waals surface area contributed by atoms with Crippen molar-refractivity contribution in [1.82, 2.24) is 15.5 Å². The Morgan fingerprint density at radius 3 is 2.62 bits per heavy atom. The van der Waals surface area contributed by atoms with Crippen molar-refractivity contribution in [3.63, 3.8) is 0 Å². The van der Waals surface area contributed by atoms with Crippen LogP contribution < -0.4 is 10.6 Å². The second-order valence-electron chi connectivity index (χ2n) is 6.22. The van der Waals surface area contributed by atoms with Crippen LogP contribution in [0.4, 0.5) is 10.4 Å². The molecule has 4 rings (SSSR count). The van der Waals surface area contributed by atoms with Gasteiger partial charge < -0.3 is 15.2 Å². The smallest absolute Gasteiger partial charge is 0.322 e. The third kappa shape index (κ3) is 2.39. The van der Waals surface area contributed by atoms with Gasteiger partial charge in [-0.2, -0.15) is 4.98 Å². The van der Waals surface area contributed by atoms with Crippen molar-refractivity contribution < 1.29 is 17.3 Å². The maximum atomic E-state index is 13.0. The Balaban J connectivity index is 1.53. The second-order valence-corrected chi connectivity index (χ2v) is 8.60. The fourth-order valence-corrected chi connectivity index (χ4v) is 5.76. The summed E-state index contributed by atoms with van der Waals surface area (Å²) in [4.78, 5) is 4.24. The van der Waals surface area contributed by atoms with E-state index in [0.717, 1.165) is 0 Å². The van der Waals surface area contributed by atoms with E-state index >= 15 is 0 Å². The lowest BCUT2D eigenvalue weighted by Crippen LogP contribution is -2.69. The molecule has 0 saturated carbocycles. The SMILES string of the molecule is O=S1(=O)CC(Nc2nc(-c3ccc(F)cc3)no2)C12CCNCC2. The predicted octanol–water partition coefficient (Wildman–Crippen LogP) is 1.21. The molecule has 1 spiro atoms. The molecule has 1 atom stereocenters. The van der Waals surface area contributed by atoms with E-state index in [0.29, 0.717) is 37.3 Å². The van der Waals surface area contributed by atoms with Gasteiger partial charge in [-0.3, -0.25) is 0 Å². The lowest BCUT2D eigenvalue weighted by atomic mass is 9.88. The van der Waals surface area contributed by atoms with E-state index < -0.39 is 14.6 Å². The summed E-state index contributed by atoms with van der Waals surface area (Å²) >= 11 is 0. The van der Waals surface area contributed by atoms with Gasteiger partial charge in [-0.1, -0.05) is 5.16 Å². The van der Waals surface area contributed by atoms with Crippen molar-refractivity contribution in [3.05, 3.63) is 30.1 Å². The summed E-state index contributed by atoms with van der Waals surface area (Å²) in [5, 5.41) is 10.1. The molecule has 2 fully saturated rings. The molecule has 0 bridgehead atoms. The van der Waals surface area contributed by atoms with Crippen molar-refractivity contribution in [2.45, 2.75) is 23.6 Å². The van der Waals surface area contributed by atoms with Gasteiger partial charge in [0.15, 0.2) is 9.84 Å². The molecule has 0 amide bonds. The van der Waals surface area contributed by atoms with E-state index in [1.165, 1.54) is 12.1 Å². The average molecular weight is 352 g/mol. The first kappa shape index (κ1) is 15.5. The minimum Gasteiger partial charge on any atom is -0.332 e. The summed E-state index contributed by atoms with van der Waals surface area (Å²) in [6, 6.07) is 5.72. The van der Waals surface area contributed by atoms with E-state index in [1.54, 1.807) is 12.1 Å². The maximum absolute atomic E-state index is 13.0. The molecule has 2 saturated heterocycles. The fraction of sp³-hybridized carbons (Fsp3) is 0.467. The summed E-state index contributed by atoms with van der Waals surface area (Å²) in [6.07, 6.45) is 1.15. The van der Waals surface area contributed by atoms with Crippen molar-refractivity contribution in [2.24, 2.45) is 0 Å². The van der Waals surface area contributed by atoms with Crippen LogP contribution in [0.2, 0.25) is 0 Å². The molecule has 0 aliphatic carbocycles. The largest absolute Gasteiger partial charge is 0.332 e. The molecule has 2 aliphatic heterocycles. The highest BCUT2D eigenvalue weighted by Crippen LogP contribution is 2.43. The Morgan fingerprint density at radius 1 is 1.25 bits per heavy atom. The van der Waals surface area contributed by atoms with Crippen molar-refractivity contribution in [1.29, 1.82) is 0 Å². The van der Waals surface area contributed by atoms with Crippen LogP contribution in [0.1, 0.15) is 12.8 Å². The topological polar surface area (TPSA) is 97.1 Å². The minimum atomic E-state index is -3.10. The van der Waals surface area contributed by atoms with E-state index in [1.807, 2.05) is 0 Å². The predicted molar refractivity (Wildman–Crippen MR) is 85.7 cm³/mol. The number of hydrogen-bond acceptors (Lipinski definition) is 7. The molecule has 2 aromatic rings. The van der Waals surface area contributed by atoms with Gasteiger partial charge in [-0.15, -0.1) is 0 Å². The van der Waals surface area contributed by atoms with Gasteiger partial charge in [0, 0.05) is 5.56 Å². The van der Waals surface area contributed by atoms with Gasteiger partial charge in [0.25, 0.3) is 0 Å². The van der Waals surface area contributed by atoms with Gasteiger partial charge in [-0.05, 0) is 50.2 Å². The van der Waals surface area contributed by atoms with Gasteiger partial charge >= 0.3 is 6.01 Å². The number of sulfone groups is 1. The fourth-order valence-electron chi connectivity index (χ4n) is 3.48. The Morgan fingerprint density at radius 2 is 1.96 bits per heavy atom. The number of rotatable bonds is 3. The first-order valence-electron chi connectivity index (χ1n) is 7.79. The van der Waals surface area contributed by atoms with Gasteiger partial charge in [0.2, 0.25) is 5.82 Å². The Labute approximate surface area is 138 Å². The maximum Gasteiger partial charge on any atom is 0.322 e. The number of halogens is 1. The van der Waals surface area contributed by atoms with Crippen LogP contribution in [0, 0.1) is 5.82 Å². The molecule has 128 valence electrons. The van der Waals surface area contributed by atoms with Crippen LogP contribution in [0.25, 0.3) is 11.4 Å². The molecule has 2 N–H and O–H groups in total. The molecule has 7 nitrogen and oxygen atoms in total. The Kier molecular flexibility index (Phi) is 3.57. The molecule has 1 unspecified atom stereocenters. The summed E-state index contributed by atoms with van der Waals surface area (Å²) in [5.74, 6) is 0.0634. The molecule has 3 heterocycles. The number of nitrogens with one attached hydrogen (secondary N) is 2. The average Bonchev–Trinajstić information content (AvgIpc) is 3.04. The van der Waals surface area contributed by atoms with Crippen molar-refractivity contribution >= 4 is 15.9 Å². The highest BCUT2D eigenvalue weighted by Gasteiger charge is 2.60. The molecule has 24 heavy (non-hydrogen) atoms. The standard InChI is InChI=1S/C15H17FN4O3S/c16-11-3-1-10(2-4-11)13-19-14(23-20-13)18-12-9-24(21,22)15(12)5-7-17-8-6-15/h1-4,12,17H,5-9H2,(H,18,19,20). The molecule has 1 aromatic carbocycles. The monoisotopic (exact) mass is 352 g/mol. The van der Waals surface area contributed by atoms with Crippen LogP contribution in [-0.4, -0.2) is 48.2 Å². The van der Waals surface area contributed by atoms with Crippen LogP contribution in [-0.2, 0) is 9.84 Å². The summed E-state index contributed by atoms with van der Waals surface area (Å²) in [6.45, 7) is 1.37. The molecule has 0 radical (unpaired) electrons. The number of nitrogens with zero attached hydrogens (tertiary/aromatic N) is 2. The van der Waals surface area contributed by atoms with E-state index in [4.69, 9.17) is 4.52 Å². The quantitative estimate of drug-likeness (QED) is 0.857. The highest BCUT2D eigenvalue weighted by atomic mass is 32.2. The summed E-state index contributed by atoms with van der Waals surface area (Å²) in [5.41, 5.74) is 0.631. The Hall–Kier alpha value is -2.00. The number of hydrogen-bond donors (Lipinski definition) is 2. The minimum absolute atomic E-state index is 0.0707. The third-order valence-electron chi connectivity index (χ3n) is 4.92. The van der Waals surface area contributed by atoms with Gasteiger partial charge in [-0.25, -0.2) is 12.8 Å². The lowest BCUT2D eigenvalue weighted by Gasteiger charge is -2.50. The number of benzene rings is 1. The molecule has 2 aliphatic rings. The number of anilines is 1. The van der Waals surface area contributed by atoms with Crippen molar-refractivity contribution in [3.8, 4) is 11.4 Å². The summed E-state index contributed by atoms with van der Waals surface area (Å²) < 4.78 is 42.0. The zero-order valence-electron chi connectivity index (χ0n) is 12.8. The molecule has 9 heteroatoms.